The van der Waals surface area contributed by atoms with Crippen molar-refractivity contribution >= 4 is 23.2 Å². The van der Waals surface area contributed by atoms with Crippen LogP contribution in [0.4, 0.5) is 0 Å². The summed E-state index contributed by atoms with van der Waals surface area (Å²) in [5, 5.41) is 14.3. The van der Waals surface area contributed by atoms with E-state index in [0.29, 0.717) is 16.6 Å². The molecule has 0 saturated carbocycles. The molecular weight excluding hydrogens is 293 g/mol. The van der Waals surface area contributed by atoms with E-state index in [4.69, 9.17) is 23.2 Å². The van der Waals surface area contributed by atoms with Crippen molar-refractivity contribution in [3.05, 3.63) is 69.7 Å². The van der Waals surface area contributed by atoms with E-state index >= 15 is 0 Å². The molecule has 2 aromatic rings. The molecule has 2 rings (SSSR count). The van der Waals surface area contributed by atoms with E-state index in [9.17, 15) is 5.11 Å². The number of aliphatic hydroxyl groups is 1. The first-order chi connectivity index (χ1) is 9.57. The number of aliphatic hydroxyl groups excluding tert-OH is 1. The Balaban J connectivity index is 2.20. The summed E-state index contributed by atoms with van der Waals surface area (Å²) < 4.78 is 0. The predicted octanol–water partition coefficient (Wildman–Crippen LogP) is 3.99. The molecule has 2 nitrogen and oxygen atoms in total. The lowest BCUT2D eigenvalue weighted by molar-refractivity contribution is 0.173. The number of benzene rings is 2. The zero-order chi connectivity index (χ0) is 14.6. The minimum Gasteiger partial charge on any atom is -0.394 e. The number of hydrogen-bond donors (Lipinski definition) is 2. The van der Waals surface area contributed by atoms with Gasteiger partial charge in [-0.05, 0) is 24.6 Å². The minimum absolute atomic E-state index is 0.0148. The Morgan fingerprint density at radius 2 is 1.60 bits per heavy atom. The van der Waals surface area contributed by atoms with Gasteiger partial charge < -0.3 is 10.4 Å². The average Bonchev–Trinajstić information content (AvgIpc) is 2.47. The maximum Gasteiger partial charge on any atom is 0.0652 e. The molecule has 106 valence electrons. The van der Waals surface area contributed by atoms with Crippen LogP contribution in [0.25, 0.3) is 0 Å². The lowest BCUT2D eigenvalue weighted by Gasteiger charge is -2.30. The highest BCUT2D eigenvalue weighted by atomic mass is 35.5. The monoisotopic (exact) mass is 309 g/mol. The molecule has 0 saturated heterocycles. The van der Waals surface area contributed by atoms with E-state index in [-0.39, 0.29) is 6.61 Å². The fourth-order valence-electron chi connectivity index (χ4n) is 2.04. The van der Waals surface area contributed by atoms with Crippen molar-refractivity contribution < 1.29 is 5.11 Å². The molecule has 4 heteroatoms. The third-order valence-electron chi connectivity index (χ3n) is 3.44. The molecule has 0 aliphatic rings. The van der Waals surface area contributed by atoms with Gasteiger partial charge in [0.25, 0.3) is 0 Å². The quantitative estimate of drug-likeness (QED) is 0.875. The Morgan fingerprint density at radius 3 is 2.15 bits per heavy atom. The van der Waals surface area contributed by atoms with E-state index < -0.39 is 5.54 Å². The predicted molar refractivity (Wildman–Crippen MR) is 84.2 cm³/mol. The van der Waals surface area contributed by atoms with E-state index in [1.54, 1.807) is 0 Å². The van der Waals surface area contributed by atoms with Gasteiger partial charge in [-0.25, -0.2) is 0 Å². The molecule has 0 amide bonds. The van der Waals surface area contributed by atoms with Gasteiger partial charge >= 0.3 is 0 Å². The third kappa shape index (κ3) is 3.33. The molecule has 1 unspecified atom stereocenters. The molecule has 2 N–H and O–H groups in total. The summed E-state index contributed by atoms with van der Waals surface area (Å²) in [6.07, 6.45) is 0. The molecule has 0 aliphatic heterocycles. The van der Waals surface area contributed by atoms with Crippen molar-refractivity contribution in [3.8, 4) is 0 Å². The molecule has 0 aromatic heterocycles. The molecule has 0 fully saturated rings. The van der Waals surface area contributed by atoms with Gasteiger partial charge in [-0.15, -0.1) is 0 Å². The van der Waals surface area contributed by atoms with Gasteiger partial charge in [0.2, 0.25) is 0 Å². The van der Waals surface area contributed by atoms with E-state index in [2.05, 4.69) is 5.32 Å². The summed E-state index contributed by atoms with van der Waals surface area (Å²) in [7, 11) is 0. The summed E-state index contributed by atoms with van der Waals surface area (Å²) in [6.45, 7) is 2.43. The van der Waals surface area contributed by atoms with Gasteiger partial charge in [0, 0.05) is 22.2 Å². The van der Waals surface area contributed by atoms with Gasteiger partial charge in [-0.1, -0.05) is 59.6 Å². The third-order valence-corrected chi connectivity index (χ3v) is 4.15. The van der Waals surface area contributed by atoms with Crippen LogP contribution >= 0.6 is 23.2 Å². The highest BCUT2D eigenvalue weighted by molar-refractivity contribution is 6.35. The van der Waals surface area contributed by atoms with Crippen LogP contribution < -0.4 is 5.32 Å². The second-order valence-electron chi connectivity index (χ2n) is 4.91. The van der Waals surface area contributed by atoms with Crippen molar-refractivity contribution in [2.45, 2.75) is 19.0 Å². The first kappa shape index (κ1) is 15.3. The first-order valence-electron chi connectivity index (χ1n) is 6.41. The second kappa shape index (κ2) is 6.59. The van der Waals surface area contributed by atoms with Crippen LogP contribution in [0.2, 0.25) is 10.0 Å². The van der Waals surface area contributed by atoms with E-state index in [1.165, 1.54) is 0 Å². The summed E-state index contributed by atoms with van der Waals surface area (Å²) in [4.78, 5) is 0. The van der Waals surface area contributed by atoms with Crippen molar-refractivity contribution in [1.29, 1.82) is 0 Å². The second-order valence-corrected chi connectivity index (χ2v) is 5.72. The SMILES string of the molecule is CC(CO)(NCc1c(Cl)cccc1Cl)c1ccccc1. The molecule has 20 heavy (non-hydrogen) atoms. The smallest absolute Gasteiger partial charge is 0.0652 e. The van der Waals surface area contributed by atoms with Crippen LogP contribution in [0, 0.1) is 0 Å². The average molecular weight is 310 g/mol. The van der Waals surface area contributed by atoms with E-state index in [1.807, 2.05) is 55.5 Å². The molecule has 2 aromatic carbocycles. The van der Waals surface area contributed by atoms with Crippen LogP contribution in [0.1, 0.15) is 18.1 Å². The highest BCUT2D eigenvalue weighted by Gasteiger charge is 2.25. The molecular formula is C16H17Cl2NO. The van der Waals surface area contributed by atoms with E-state index in [0.717, 1.165) is 11.1 Å². The molecule has 0 aliphatic carbocycles. The fourth-order valence-corrected chi connectivity index (χ4v) is 2.57. The van der Waals surface area contributed by atoms with Gasteiger partial charge in [0.05, 0.1) is 12.1 Å². The Labute approximate surface area is 129 Å². The lowest BCUT2D eigenvalue weighted by atomic mass is 9.92. The summed E-state index contributed by atoms with van der Waals surface area (Å²) >= 11 is 12.3. The number of halogens is 2. The van der Waals surface area contributed by atoms with Crippen LogP contribution in [0.5, 0.6) is 0 Å². The molecule has 0 spiro atoms. The van der Waals surface area contributed by atoms with Gasteiger partial charge in [-0.3, -0.25) is 0 Å². The highest BCUT2D eigenvalue weighted by Crippen LogP contribution is 2.26. The zero-order valence-corrected chi connectivity index (χ0v) is 12.7. The van der Waals surface area contributed by atoms with Crippen molar-refractivity contribution in [2.75, 3.05) is 6.61 Å². The molecule has 0 bridgehead atoms. The van der Waals surface area contributed by atoms with Gasteiger partial charge in [0.15, 0.2) is 0 Å². The molecule has 0 radical (unpaired) electrons. The standard InChI is InChI=1S/C16H17Cl2NO/c1-16(11-20,12-6-3-2-4-7-12)19-10-13-14(17)8-5-9-15(13)18/h2-9,19-20H,10-11H2,1H3. The van der Waals surface area contributed by atoms with Gasteiger partial charge in [-0.2, -0.15) is 0 Å². The van der Waals surface area contributed by atoms with Crippen LogP contribution in [0.15, 0.2) is 48.5 Å². The van der Waals surface area contributed by atoms with Crippen LogP contribution in [-0.4, -0.2) is 11.7 Å². The fraction of sp³-hybridized carbons (Fsp3) is 0.250. The van der Waals surface area contributed by atoms with Crippen molar-refractivity contribution in [2.24, 2.45) is 0 Å². The maximum absolute atomic E-state index is 9.73. The van der Waals surface area contributed by atoms with Gasteiger partial charge in [0.1, 0.15) is 0 Å². The lowest BCUT2D eigenvalue weighted by Crippen LogP contribution is -2.42. The Hall–Kier alpha value is -1.06. The first-order valence-corrected chi connectivity index (χ1v) is 7.17. The number of rotatable bonds is 5. The molecule has 0 heterocycles. The Kier molecular flexibility index (Phi) is 5.06. The number of hydrogen-bond acceptors (Lipinski definition) is 2. The van der Waals surface area contributed by atoms with Crippen LogP contribution in [0.3, 0.4) is 0 Å². The summed E-state index contributed by atoms with van der Waals surface area (Å²) in [5.41, 5.74) is 1.32. The number of nitrogens with one attached hydrogen (secondary N) is 1. The van der Waals surface area contributed by atoms with Crippen LogP contribution in [-0.2, 0) is 12.1 Å². The topological polar surface area (TPSA) is 32.3 Å². The largest absolute Gasteiger partial charge is 0.394 e. The van der Waals surface area contributed by atoms with Crippen molar-refractivity contribution in [3.63, 3.8) is 0 Å². The zero-order valence-electron chi connectivity index (χ0n) is 11.2. The Morgan fingerprint density at radius 1 is 1.00 bits per heavy atom. The minimum atomic E-state index is -0.538. The normalized spacial score (nSPS) is 14.0. The maximum atomic E-state index is 9.73. The Bertz CT molecular complexity index is 554. The van der Waals surface area contributed by atoms with Crippen molar-refractivity contribution in [1.82, 2.24) is 5.32 Å². The molecule has 1 atom stereocenters. The summed E-state index contributed by atoms with van der Waals surface area (Å²) in [6, 6.07) is 15.3. The summed E-state index contributed by atoms with van der Waals surface area (Å²) in [5.74, 6) is 0.